The normalized spacial score (nSPS) is 9.64. The van der Waals surface area contributed by atoms with Crippen LogP contribution in [0.2, 0.25) is 0 Å². The molecule has 2 N–H and O–H groups in total. The number of hydrogen-bond donors (Lipinski definition) is 1. The summed E-state index contributed by atoms with van der Waals surface area (Å²) in [5.41, 5.74) is 6.54. The molecule has 0 bridgehead atoms. The van der Waals surface area contributed by atoms with Gasteiger partial charge in [0, 0.05) is 9.26 Å². The minimum absolute atomic E-state index is 0.341. The van der Waals surface area contributed by atoms with E-state index in [-0.39, 0.29) is 0 Å². The number of hydrogen-bond acceptors (Lipinski definition) is 4. The molecule has 14 heavy (non-hydrogen) atoms. The maximum atomic E-state index is 11.3. The van der Waals surface area contributed by atoms with Crippen molar-refractivity contribution in [2.24, 2.45) is 0 Å². The summed E-state index contributed by atoms with van der Waals surface area (Å²) in [6.45, 7) is 0. The van der Waals surface area contributed by atoms with Crippen molar-refractivity contribution in [2.45, 2.75) is 0 Å². The molecule has 0 radical (unpaired) electrons. The quantitative estimate of drug-likeness (QED) is 0.513. The summed E-state index contributed by atoms with van der Waals surface area (Å²) in [6, 6.07) is 3.24. The first kappa shape index (κ1) is 11.1. The molecular weight excluding hydrogens is 297 g/mol. The smallest absolute Gasteiger partial charge is 0.341 e. The van der Waals surface area contributed by atoms with Crippen LogP contribution < -0.4 is 10.5 Å². The topological polar surface area (TPSA) is 61.5 Å². The van der Waals surface area contributed by atoms with Crippen molar-refractivity contribution in [3.05, 3.63) is 21.3 Å². The second kappa shape index (κ2) is 4.50. The molecule has 0 spiro atoms. The number of nitrogens with two attached hydrogens (primary N) is 1. The van der Waals surface area contributed by atoms with Gasteiger partial charge in [-0.15, -0.1) is 0 Å². The Hall–Kier alpha value is -0.980. The van der Waals surface area contributed by atoms with Crippen LogP contribution in [0.4, 0.5) is 5.69 Å². The fourth-order valence-corrected chi connectivity index (χ4v) is 1.45. The van der Waals surface area contributed by atoms with E-state index in [0.717, 1.165) is 3.57 Å². The van der Waals surface area contributed by atoms with Gasteiger partial charge in [0.25, 0.3) is 0 Å². The lowest BCUT2D eigenvalue weighted by molar-refractivity contribution is 0.0597. The lowest BCUT2D eigenvalue weighted by Gasteiger charge is -2.08. The number of esters is 1. The van der Waals surface area contributed by atoms with Crippen molar-refractivity contribution in [2.75, 3.05) is 20.0 Å². The third-order valence-electron chi connectivity index (χ3n) is 1.72. The summed E-state index contributed by atoms with van der Waals surface area (Å²) in [5.74, 6) is 0.0143. The van der Waals surface area contributed by atoms with Gasteiger partial charge in [0.15, 0.2) is 0 Å². The van der Waals surface area contributed by atoms with Gasteiger partial charge in [-0.2, -0.15) is 0 Å². The van der Waals surface area contributed by atoms with Crippen LogP contribution in [0, 0.1) is 3.57 Å². The number of benzene rings is 1. The standard InChI is InChI=1S/C9H10INO3/c1-13-8-4-6(10)7(11)3-5(8)9(12)14-2/h3-4H,11H2,1-2H3. The molecule has 1 rings (SSSR count). The van der Waals surface area contributed by atoms with Crippen LogP contribution in [-0.2, 0) is 4.74 Å². The van der Waals surface area contributed by atoms with Crippen LogP contribution in [0.15, 0.2) is 12.1 Å². The number of methoxy groups -OCH3 is 2. The van der Waals surface area contributed by atoms with E-state index in [9.17, 15) is 4.79 Å². The third-order valence-corrected chi connectivity index (χ3v) is 2.66. The van der Waals surface area contributed by atoms with Crippen LogP contribution in [-0.4, -0.2) is 20.2 Å². The molecule has 0 fully saturated rings. The van der Waals surface area contributed by atoms with E-state index in [0.29, 0.717) is 17.0 Å². The Morgan fingerprint density at radius 3 is 2.57 bits per heavy atom. The van der Waals surface area contributed by atoms with Gasteiger partial charge in [-0.3, -0.25) is 0 Å². The first-order valence-corrected chi connectivity index (χ1v) is 4.89. The highest BCUT2D eigenvalue weighted by molar-refractivity contribution is 14.1. The average Bonchev–Trinajstić information content (AvgIpc) is 2.20. The monoisotopic (exact) mass is 307 g/mol. The van der Waals surface area contributed by atoms with E-state index in [1.165, 1.54) is 14.2 Å². The molecule has 0 aliphatic rings. The molecule has 0 saturated heterocycles. The van der Waals surface area contributed by atoms with Crippen LogP contribution in [0.5, 0.6) is 5.75 Å². The molecule has 5 heteroatoms. The zero-order chi connectivity index (χ0) is 10.7. The molecule has 0 aliphatic carbocycles. The summed E-state index contributed by atoms with van der Waals surface area (Å²) in [7, 11) is 2.81. The van der Waals surface area contributed by atoms with E-state index < -0.39 is 5.97 Å². The molecule has 1 aromatic rings. The molecule has 76 valence electrons. The van der Waals surface area contributed by atoms with Crippen LogP contribution in [0.3, 0.4) is 0 Å². The number of carbonyl (C=O) groups is 1. The number of carbonyl (C=O) groups excluding carboxylic acids is 1. The summed E-state index contributed by atoms with van der Waals surface area (Å²) in [4.78, 5) is 11.3. The van der Waals surface area contributed by atoms with Gasteiger partial charge >= 0.3 is 5.97 Å². The largest absolute Gasteiger partial charge is 0.496 e. The zero-order valence-corrected chi connectivity index (χ0v) is 9.99. The Balaban J connectivity index is 3.27. The van der Waals surface area contributed by atoms with E-state index in [1.54, 1.807) is 12.1 Å². The van der Waals surface area contributed by atoms with Crippen molar-refractivity contribution >= 4 is 34.2 Å². The van der Waals surface area contributed by atoms with Gasteiger partial charge in [0.2, 0.25) is 0 Å². The van der Waals surface area contributed by atoms with Crippen molar-refractivity contribution in [3.8, 4) is 5.75 Å². The highest BCUT2D eigenvalue weighted by Gasteiger charge is 2.14. The van der Waals surface area contributed by atoms with Gasteiger partial charge in [-0.1, -0.05) is 0 Å². The van der Waals surface area contributed by atoms with Gasteiger partial charge in [0.1, 0.15) is 11.3 Å². The summed E-state index contributed by atoms with van der Waals surface area (Å²) in [6.07, 6.45) is 0. The molecule has 0 aromatic heterocycles. The minimum Gasteiger partial charge on any atom is -0.496 e. The zero-order valence-electron chi connectivity index (χ0n) is 7.83. The number of ether oxygens (including phenoxy) is 2. The van der Waals surface area contributed by atoms with Crippen LogP contribution >= 0.6 is 22.6 Å². The van der Waals surface area contributed by atoms with Gasteiger partial charge in [0.05, 0.1) is 14.2 Å². The average molecular weight is 307 g/mol. The lowest BCUT2D eigenvalue weighted by Crippen LogP contribution is -2.06. The lowest BCUT2D eigenvalue weighted by atomic mass is 10.2. The van der Waals surface area contributed by atoms with Gasteiger partial charge in [-0.05, 0) is 34.7 Å². The van der Waals surface area contributed by atoms with E-state index in [2.05, 4.69) is 27.3 Å². The third kappa shape index (κ3) is 2.09. The minimum atomic E-state index is -0.454. The number of halogens is 1. The summed E-state index contributed by atoms with van der Waals surface area (Å²) < 4.78 is 10.5. The number of nitrogen functional groups attached to an aromatic ring is 1. The summed E-state index contributed by atoms with van der Waals surface area (Å²) in [5, 5.41) is 0. The van der Waals surface area contributed by atoms with Crippen LogP contribution in [0.1, 0.15) is 10.4 Å². The van der Waals surface area contributed by atoms with Crippen molar-refractivity contribution in [3.63, 3.8) is 0 Å². The first-order valence-electron chi connectivity index (χ1n) is 3.81. The molecule has 0 atom stereocenters. The Kier molecular flexibility index (Phi) is 3.56. The Morgan fingerprint density at radius 2 is 2.07 bits per heavy atom. The number of anilines is 1. The predicted molar refractivity (Wildman–Crippen MR) is 61.5 cm³/mol. The van der Waals surface area contributed by atoms with Crippen LogP contribution in [0.25, 0.3) is 0 Å². The van der Waals surface area contributed by atoms with Crippen molar-refractivity contribution < 1.29 is 14.3 Å². The highest BCUT2D eigenvalue weighted by Crippen LogP contribution is 2.26. The Labute approximate surface area is 95.5 Å². The maximum Gasteiger partial charge on any atom is 0.341 e. The van der Waals surface area contributed by atoms with Crippen molar-refractivity contribution in [1.29, 1.82) is 0 Å². The van der Waals surface area contributed by atoms with E-state index in [4.69, 9.17) is 10.5 Å². The van der Waals surface area contributed by atoms with Gasteiger partial charge < -0.3 is 15.2 Å². The molecule has 0 saturated carbocycles. The summed E-state index contributed by atoms with van der Waals surface area (Å²) >= 11 is 2.07. The maximum absolute atomic E-state index is 11.3. The predicted octanol–water partition coefficient (Wildman–Crippen LogP) is 1.67. The van der Waals surface area contributed by atoms with Gasteiger partial charge in [-0.25, -0.2) is 4.79 Å². The molecule has 0 amide bonds. The first-order chi connectivity index (χ1) is 6.60. The second-order valence-corrected chi connectivity index (χ2v) is 3.73. The number of rotatable bonds is 2. The molecule has 4 nitrogen and oxygen atoms in total. The Bertz CT molecular complexity index is 365. The molecular formula is C9H10INO3. The SMILES string of the molecule is COC(=O)c1cc(N)c(I)cc1OC. The highest BCUT2D eigenvalue weighted by atomic mass is 127. The second-order valence-electron chi connectivity index (χ2n) is 2.57. The molecule has 0 aliphatic heterocycles. The van der Waals surface area contributed by atoms with E-state index in [1.807, 2.05) is 0 Å². The fourth-order valence-electron chi connectivity index (χ4n) is 1.01. The molecule has 0 unspecified atom stereocenters. The Morgan fingerprint density at radius 1 is 1.43 bits per heavy atom. The fraction of sp³-hybridized carbons (Fsp3) is 0.222. The molecule has 1 aromatic carbocycles. The van der Waals surface area contributed by atoms with Crippen molar-refractivity contribution in [1.82, 2.24) is 0 Å². The van der Waals surface area contributed by atoms with E-state index >= 15 is 0 Å². The molecule has 0 heterocycles.